The molecule has 0 radical (unpaired) electrons. The van der Waals surface area contributed by atoms with Crippen LogP contribution < -0.4 is 21.5 Å². The minimum Gasteiger partial charge on any atom is -0.481 e. The van der Waals surface area contributed by atoms with E-state index in [9.17, 15) is 14.4 Å². The number of carbonyl (C=O) groups is 1. The molecule has 0 aromatic heterocycles. The first-order valence-electron chi connectivity index (χ1n) is 8.20. The molecule has 130 valence electrons. The second kappa shape index (κ2) is 9.99. The van der Waals surface area contributed by atoms with Crippen LogP contribution in [0.25, 0.3) is 0 Å². The standard InChI is InChI=1S/C16H27N3O4/c1-3-4-5-9-19(11-7-12(20)21)10-6-8-18-14-13(17-2)15(22)16(14)23/h17-18H,3-11H2,1-2H3,(H,20,21). The molecule has 7 nitrogen and oxygen atoms in total. The molecule has 1 aromatic carbocycles. The number of carboxylic acid groups (broad SMARTS) is 1. The van der Waals surface area contributed by atoms with Gasteiger partial charge in [0, 0.05) is 20.1 Å². The number of aliphatic carboxylic acids is 1. The highest BCUT2D eigenvalue weighted by atomic mass is 16.4. The average Bonchev–Trinajstić information content (AvgIpc) is 2.53. The minimum atomic E-state index is -0.786. The van der Waals surface area contributed by atoms with E-state index >= 15 is 0 Å². The molecule has 0 heterocycles. The fourth-order valence-corrected chi connectivity index (χ4v) is 2.49. The summed E-state index contributed by atoms with van der Waals surface area (Å²) in [6, 6.07) is 0. The Morgan fingerprint density at radius 1 is 1.04 bits per heavy atom. The molecular formula is C16H27N3O4. The van der Waals surface area contributed by atoms with E-state index < -0.39 is 16.8 Å². The van der Waals surface area contributed by atoms with Crippen LogP contribution in [0.1, 0.15) is 39.0 Å². The lowest BCUT2D eigenvalue weighted by Gasteiger charge is -2.22. The molecule has 0 aliphatic rings. The van der Waals surface area contributed by atoms with E-state index in [0.29, 0.717) is 24.5 Å². The first-order valence-corrected chi connectivity index (χ1v) is 8.20. The van der Waals surface area contributed by atoms with Gasteiger partial charge in [0.25, 0.3) is 10.9 Å². The Hall–Kier alpha value is -1.89. The summed E-state index contributed by atoms with van der Waals surface area (Å²) in [6.07, 6.45) is 4.25. The molecule has 3 N–H and O–H groups in total. The summed E-state index contributed by atoms with van der Waals surface area (Å²) in [6.45, 7) is 4.92. The summed E-state index contributed by atoms with van der Waals surface area (Å²) in [7, 11) is 1.61. The van der Waals surface area contributed by atoms with Crippen molar-refractivity contribution in [1.29, 1.82) is 0 Å². The summed E-state index contributed by atoms with van der Waals surface area (Å²) >= 11 is 0. The average molecular weight is 325 g/mol. The van der Waals surface area contributed by atoms with Crippen LogP contribution in [0.15, 0.2) is 9.59 Å². The normalized spacial score (nSPS) is 11.1. The van der Waals surface area contributed by atoms with E-state index in [1.165, 1.54) is 0 Å². The lowest BCUT2D eigenvalue weighted by atomic mass is 10.2. The maximum atomic E-state index is 11.4. The summed E-state index contributed by atoms with van der Waals surface area (Å²) < 4.78 is 0. The van der Waals surface area contributed by atoms with Gasteiger partial charge in [-0.25, -0.2) is 0 Å². The van der Waals surface area contributed by atoms with Gasteiger partial charge in [0.15, 0.2) is 0 Å². The second-order valence-electron chi connectivity index (χ2n) is 5.63. The number of rotatable bonds is 13. The third-order valence-corrected chi connectivity index (χ3v) is 3.83. The molecule has 0 atom stereocenters. The van der Waals surface area contributed by atoms with E-state index in [4.69, 9.17) is 5.11 Å². The van der Waals surface area contributed by atoms with Gasteiger partial charge in [-0.05, 0) is 25.9 Å². The number of hydrogen-bond donors (Lipinski definition) is 3. The summed E-state index contributed by atoms with van der Waals surface area (Å²) in [5.74, 6) is -0.786. The molecule has 0 saturated heterocycles. The summed E-state index contributed by atoms with van der Waals surface area (Å²) in [4.78, 5) is 35.6. The van der Waals surface area contributed by atoms with E-state index in [0.717, 1.165) is 38.8 Å². The Morgan fingerprint density at radius 3 is 2.30 bits per heavy atom. The maximum absolute atomic E-state index is 11.4. The third kappa shape index (κ3) is 6.02. The highest BCUT2D eigenvalue weighted by Gasteiger charge is 2.18. The van der Waals surface area contributed by atoms with Crippen LogP contribution in [0, 0.1) is 0 Å². The quantitative estimate of drug-likeness (QED) is 0.369. The zero-order valence-corrected chi connectivity index (χ0v) is 14.0. The van der Waals surface area contributed by atoms with Gasteiger partial charge in [-0.3, -0.25) is 14.4 Å². The van der Waals surface area contributed by atoms with E-state index in [-0.39, 0.29) is 6.42 Å². The largest absolute Gasteiger partial charge is 0.481 e. The van der Waals surface area contributed by atoms with Gasteiger partial charge >= 0.3 is 5.97 Å². The van der Waals surface area contributed by atoms with Crippen LogP contribution in [-0.2, 0) is 4.79 Å². The van der Waals surface area contributed by atoms with Gasteiger partial charge in [-0.1, -0.05) is 19.8 Å². The Morgan fingerprint density at radius 2 is 1.70 bits per heavy atom. The minimum absolute atomic E-state index is 0.140. The van der Waals surface area contributed by atoms with Gasteiger partial charge in [0.05, 0.1) is 6.42 Å². The van der Waals surface area contributed by atoms with Crippen molar-refractivity contribution in [2.75, 3.05) is 43.9 Å². The van der Waals surface area contributed by atoms with Crippen molar-refractivity contribution in [3.05, 3.63) is 20.4 Å². The zero-order valence-electron chi connectivity index (χ0n) is 14.0. The third-order valence-electron chi connectivity index (χ3n) is 3.83. The molecule has 0 amide bonds. The monoisotopic (exact) mass is 325 g/mol. The molecule has 1 aromatic rings. The first kappa shape index (κ1) is 19.2. The molecule has 0 saturated carbocycles. The molecule has 0 fully saturated rings. The van der Waals surface area contributed by atoms with Gasteiger partial charge in [0.2, 0.25) is 0 Å². The molecule has 0 aliphatic carbocycles. The van der Waals surface area contributed by atoms with Crippen molar-refractivity contribution in [1.82, 2.24) is 4.90 Å². The van der Waals surface area contributed by atoms with Crippen molar-refractivity contribution in [2.24, 2.45) is 0 Å². The summed E-state index contributed by atoms with van der Waals surface area (Å²) in [5, 5.41) is 14.5. The first-order chi connectivity index (χ1) is 11.0. The van der Waals surface area contributed by atoms with Crippen molar-refractivity contribution >= 4 is 17.3 Å². The fraction of sp³-hybridized carbons (Fsp3) is 0.688. The van der Waals surface area contributed by atoms with Crippen molar-refractivity contribution in [3.63, 3.8) is 0 Å². The molecule has 1 rings (SSSR count). The van der Waals surface area contributed by atoms with Crippen LogP contribution in [0.3, 0.4) is 0 Å². The van der Waals surface area contributed by atoms with E-state index in [2.05, 4.69) is 22.5 Å². The van der Waals surface area contributed by atoms with Crippen LogP contribution in [-0.4, -0.2) is 49.2 Å². The lowest BCUT2D eigenvalue weighted by Crippen LogP contribution is -2.37. The number of nitrogens with one attached hydrogen (secondary N) is 2. The predicted molar refractivity (Wildman–Crippen MR) is 92.2 cm³/mol. The fourth-order valence-electron chi connectivity index (χ4n) is 2.49. The number of carboxylic acids is 1. The zero-order chi connectivity index (χ0) is 17.2. The topological polar surface area (TPSA) is 98.7 Å². The molecule has 7 heteroatoms. The number of nitrogens with zero attached hydrogens (tertiary/aromatic N) is 1. The highest BCUT2D eigenvalue weighted by Crippen LogP contribution is 2.12. The van der Waals surface area contributed by atoms with Crippen LogP contribution in [0.5, 0.6) is 0 Å². The lowest BCUT2D eigenvalue weighted by molar-refractivity contribution is -0.137. The van der Waals surface area contributed by atoms with Gasteiger partial charge in [0.1, 0.15) is 11.4 Å². The molecular weight excluding hydrogens is 298 g/mol. The van der Waals surface area contributed by atoms with Crippen molar-refractivity contribution in [3.8, 4) is 0 Å². The number of anilines is 2. The Balaban J connectivity index is 2.35. The van der Waals surface area contributed by atoms with Crippen molar-refractivity contribution < 1.29 is 9.90 Å². The van der Waals surface area contributed by atoms with Crippen LogP contribution in [0.2, 0.25) is 0 Å². The Labute approximate surface area is 136 Å². The molecule has 0 aliphatic heterocycles. The van der Waals surface area contributed by atoms with Gasteiger partial charge in [-0.15, -0.1) is 0 Å². The molecule has 0 unspecified atom stereocenters. The Bertz CT molecular complexity index is 564. The van der Waals surface area contributed by atoms with Gasteiger partial charge < -0.3 is 20.6 Å². The smallest absolute Gasteiger partial charge is 0.304 e. The SMILES string of the molecule is CCCCCN(CCCNc1c(NC)c(=O)c1=O)CCC(=O)O. The maximum Gasteiger partial charge on any atom is 0.304 e. The molecule has 0 spiro atoms. The van der Waals surface area contributed by atoms with Crippen LogP contribution >= 0.6 is 0 Å². The van der Waals surface area contributed by atoms with E-state index in [1.807, 2.05) is 0 Å². The second-order valence-corrected chi connectivity index (χ2v) is 5.63. The molecule has 23 heavy (non-hydrogen) atoms. The van der Waals surface area contributed by atoms with Crippen molar-refractivity contribution in [2.45, 2.75) is 39.0 Å². The highest BCUT2D eigenvalue weighted by molar-refractivity contribution is 5.73. The number of hydrogen-bond acceptors (Lipinski definition) is 6. The summed E-state index contributed by atoms with van der Waals surface area (Å²) in [5.41, 5.74) is -0.237. The molecule has 0 bridgehead atoms. The van der Waals surface area contributed by atoms with Gasteiger partial charge in [-0.2, -0.15) is 0 Å². The van der Waals surface area contributed by atoms with E-state index in [1.54, 1.807) is 7.05 Å². The Kier molecular flexibility index (Phi) is 8.32. The van der Waals surface area contributed by atoms with Crippen LogP contribution in [0.4, 0.5) is 11.4 Å². The number of unbranched alkanes of at least 4 members (excludes halogenated alkanes) is 2. The predicted octanol–water partition coefficient (Wildman–Crippen LogP) is 1.09.